The van der Waals surface area contributed by atoms with Gasteiger partial charge in [0.15, 0.2) is 0 Å². The van der Waals surface area contributed by atoms with E-state index >= 15 is 0 Å². The van der Waals surface area contributed by atoms with E-state index in [0.717, 1.165) is 9.99 Å². The van der Waals surface area contributed by atoms with Crippen LogP contribution in [-0.2, 0) is 27.2 Å². The van der Waals surface area contributed by atoms with E-state index in [1.54, 1.807) is 48.7 Å². The summed E-state index contributed by atoms with van der Waals surface area (Å²) >= 11 is 6.59. The van der Waals surface area contributed by atoms with E-state index in [1.165, 1.54) is 18.0 Å². The molecule has 0 spiro atoms. The molecule has 2 aromatic carbocycles. The van der Waals surface area contributed by atoms with Gasteiger partial charge in [-0.2, -0.15) is 5.10 Å². The molecule has 0 amide bonds. The van der Waals surface area contributed by atoms with Crippen LogP contribution in [0.1, 0.15) is 5.56 Å². The maximum Gasteiger partial charge on any atom is 0.310 e. The second-order valence-corrected chi connectivity index (χ2v) is 7.81. The van der Waals surface area contributed by atoms with Crippen LogP contribution in [0.2, 0.25) is 5.02 Å². The van der Waals surface area contributed by atoms with Gasteiger partial charge in [0.1, 0.15) is 0 Å². The van der Waals surface area contributed by atoms with Crippen molar-refractivity contribution in [2.45, 2.75) is 6.42 Å². The molecular weight excluding hydrogens is 470 g/mol. The van der Waals surface area contributed by atoms with Crippen LogP contribution in [0.3, 0.4) is 0 Å². The standard InChI is InChI=1S/C18H15BrClN3O4S/c1-27-18(24)9-12-8-13(19)2-7-17(12)23(28(25)26)16-10-21-22(11-16)15-5-3-14(20)4-6-15/h2-8,10-11H,9H2,1H3,(H,25,26)/p-1. The van der Waals surface area contributed by atoms with E-state index in [2.05, 4.69) is 21.0 Å². The molecule has 0 saturated carbocycles. The third-order valence-corrected chi connectivity index (χ3v) is 5.32. The van der Waals surface area contributed by atoms with Gasteiger partial charge in [0.25, 0.3) is 0 Å². The molecule has 3 aromatic rings. The summed E-state index contributed by atoms with van der Waals surface area (Å²) in [5.41, 5.74) is 1.86. The highest BCUT2D eigenvalue weighted by Crippen LogP contribution is 2.32. The number of ether oxygens (including phenoxy) is 1. The van der Waals surface area contributed by atoms with E-state index < -0.39 is 17.2 Å². The molecule has 1 aromatic heterocycles. The molecule has 3 rings (SSSR count). The zero-order valence-corrected chi connectivity index (χ0v) is 17.7. The molecule has 28 heavy (non-hydrogen) atoms. The molecule has 0 bridgehead atoms. The first-order valence-corrected chi connectivity index (χ1v) is 10.1. The van der Waals surface area contributed by atoms with Crippen molar-refractivity contribution in [1.82, 2.24) is 9.78 Å². The molecule has 146 valence electrons. The maximum atomic E-state index is 12.0. The topological polar surface area (TPSA) is 87.5 Å². The number of carbonyl (C=O) groups excluding carboxylic acids is 1. The van der Waals surface area contributed by atoms with Gasteiger partial charge in [0.2, 0.25) is 0 Å². The van der Waals surface area contributed by atoms with Gasteiger partial charge in [-0.1, -0.05) is 27.5 Å². The summed E-state index contributed by atoms with van der Waals surface area (Å²) in [6, 6.07) is 11.9. The van der Waals surface area contributed by atoms with E-state index in [4.69, 9.17) is 16.3 Å². The molecule has 1 unspecified atom stereocenters. The molecular formula is C18H14BrClN3O4S-. The molecule has 10 heteroatoms. The molecule has 0 saturated heterocycles. The number of methoxy groups -OCH3 is 1. The average molecular weight is 484 g/mol. The lowest BCUT2D eigenvalue weighted by atomic mass is 10.1. The van der Waals surface area contributed by atoms with Crippen molar-refractivity contribution in [1.29, 1.82) is 0 Å². The van der Waals surface area contributed by atoms with Crippen LogP contribution in [0.25, 0.3) is 5.69 Å². The SMILES string of the molecule is COC(=O)Cc1cc(Br)ccc1N(c1cnn(-c2ccc(Cl)cc2)c1)S(=O)[O-]. The van der Waals surface area contributed by atoms with Crippen molar-refractivity contribution in [2.24, 2.45) is 0 Å². The van der Waals surface area contributed by atoms with Gasteiger partial charge in [0.05, 0.1) is 54.3 Å². The Morgan fingerprint density at radius 3 is 2.68 bits per heavy atom. The number of carbonyl (C=O) groups is 1. The van der Waals surface area contributed by atoms with Crippen molar-refractivity contribution in [2.75, 3.05) is 11.4 Å². The number of esters is 1. The lowest BCUT2D eigenvalue weighted by Crippen LogP contribution is -2.21. The van der Waals surface area contributed by atoms with E-state index in [1.807, 2.05) is 0 Å². The molecule has 0 fully saturated rings. The number of hydrogen-bond acceptors (Lipinski definition) is 5. The smallest absolute Gasteiger partial charge is 0.310 e. The Morgan fingerprint density at radius 1 is 1.32 bits per heavy atom. The summed E-state index contributed by atoms with van der Waals surface area (Å²) in [7, 11) is 1.28. The number of rotatable bonds is 6. The average Bonchev–Trinajstić information content (AvgIpc) is 3.13. The zero-order valence-electron chi connectivity index (χ0n) is 14.5. The van der Waals surface area contributed by atoms with E-state index in [0.29, 0.717) is 26.4 Å². The highest BCUT2D eigenvalue weighted by molar-refractivity contribution is 9.10. The maximum absolute atomic E-state index is 12.0. The van der Waals surface area contributed by atoms with Crippen molar-refractivity contribution in [3.63, 3.8) is 0 Å². The van der Waals surface area contributed by atoms with Crippen molar-refractivity contribution < 1.29 is 18.3 Å². The van der Waals surface area contributed by atoms with Gasteiger partial charge in [-0.05, 0) is 48.0 Å². The molecule has 0 N–H and O–H groups in total. The second kappa shape index (κ2) is 8.87. The summed E-state index contributed by atoms with van der Waals surface area (Å²) in [5.74, 6) is -0.479. The second-order valence-electron chi connectivity index (χ2n) is 5.66. The lowest BCUT2D eigenvalue weighted by Gasteiger charge is -2.27. The summed E-state index contributed by atoms with van der Waals surface area (Å²) in [5, 5.41) is 4.81. The quantitative estimate of drug-likeness (QED) is 0.391. The Hall–Kier alpha value is -2.20. The van der Waals surface area contributed by atoms with Crippen LogP contribution < -0.4 is 4.31 Å². The van der Waals surface area contributed by atoms with Crippen molar-refractivity contribution in [3.05, 3.63) is 69.9 Å². The molecule has 7 nitrogen and oxygen atoms in total. The number of hydrogen-bond donors (Lipinski definition) is 0. The third-order valence-electron chi connectivity index (χ3n) is 3.87. The number of nitrogens with zero attached hydrogens (tertiary/aromatic N) is 3. The van der Waals surface area contributed by atoms with Gasteiger partial charge in [-0.15, -0.1) is 0 Å². The first-order valence-electron chi connectivity index (χ1n) is 7.94. The largest absolute Gasteiger partial charge is 0.755 e. The minimum atomic E-state index is -2.64. The summed E-state index contributed by atoms with van der Waals surface area (Å²) in [6.45, 7) is 0. The van der Waals surface area contributed by atoms with Crippen LogP contribution in [0, 0.1) is 0 Å². The normalized spacial score (nSPS) is 11.9. The van der Waals surface area contributed by atoms with Gasteiger partial charge in [-0.25, -0.2) is 4.68 Å². The Bertz CT molecular complexity index is 1030. The number of aromatic nitrogens is 2. The van der Waals surface area contributed by atoms with Crippen LogP contribution in [0.15, 0.2) is 59.3 Å². The van der Waals surface area contributed by atoms with E-state index in [-0.39, 0.29) is 6.42 Å². The molecule has 0 radical (unpaired) electrons. The van der Waals surface area contributed by atoms with Gasteiger partial charge >= 0.3 is 5.97 Å². The molecule has 1 atom stereocenters. The fourth-order valence-corrected chi connectivity index (χ4v) is 3.72. The van der Waals surface area contributed by atoms with Crippen LogP contribution >= 0.6 is 27.5 Å². The van der Waals surface area contributed by atoms with Gasteiger partial charge in [0, 0.05) is 9.50 Å². The predicted molar refractivity (Wildman–Crippen MR) is 109 cm³/mol. The molecule has 1 heterocycles. The number of anilines is 2. The number of benzene rings is 2. The van der Waals surface area contributed by atoms with Crippen LogP contribution in [0.4, 0.5) is 11.4 Å². The highest BCUT2D eigenvalue weighted by Gasteiger charge is 2.19. The number of halogens is 2. The lowest BCUT2D eigenvalue weighted by molar-refractivity contribution is -0.139. The Kier molecular flexibility index (Phi) is 6.50. The first kappa shape index (κ1) is 20.5. The molecule has 0 aliphatic carbocycles. The van der Waals surface area contributed by atoms with E-state index in [9.17, 15) is 13.6 Å². The first-order chi connectivity index (χ1) is 13.4. The van der Waals surface area contributed by atoms with Gasteiger partial charge in [-0.3, -0.25) is 13.3 Å². The minimum Gasteiger partial charge on any atom is -0.755 e. The fourth-order valence-electron chi connectivity index (χ4n) is 2.58. The molecule has 0 aliphatic heterocycles. The highest BCUT2D eigenvalue weighted by atomic mass is 79.9. The minimum absolute atomic E-state index is 0.0791. The third kappa shape index (κ3) is 4.61. The summed E-state index contributed by atoms with van der Waals surface area (Å²) < 4.78 is 32.1. The summed E-state index contributed by atoms with van der Waals surface area (Å²) in [4.78, 5) is 11.8. The monoisotopic (exact) mass is 482 g/mol. The molecule has 0 aliphatic rings. The Labute approximate surface area is 177 Å². The Morgan fingerprint density at radius 2 is 2.04 bits per heavy atom. The predicted octanol–water partition coefficient (Wildman–Crippen LogP) is 3.94. The zero-order chi connectivity index (χ0) is 20.3. The van der Waals surface area contributed by atoms with Crippen molar-refractivity contribution in [3.8, 4) is 5.69 Å². The van der Waals surface area contributed by atoms with Crippen LogP contribution in [-0.4, -0.2) is 31.6 Å². The Balaban J connectivity index is 2.03. The summed E-state index contributed by atoms with van der Waals surface area (Å²) in [6.07, 6.45) is 2.92. The fraction of sp³-hybridized carbons (Fsp3) is 0.111. The van der Waals surface area contributed by atoms with Gasteiger partial charge < -0.3 is 9.29 Å². The van der Waals surface area contributed by atoms with Crippen LogP contribution in [0.5, 0.6) is 0 Å². The van der Waals surface area contributed by atoms with Crippen molar-refractivity contribution >= 4 is 56.1 Å².